The summed E-state index contributed by atoms with van der Waals surface area (Å²) in [7, 11) is -9.63. The number of unbranched alkanes of at least 4 members (excludes halogenated alkanes) is 52. The summed E-state index contributed by atoms with van der Waals surface area (Å²) >= 11 is 0. The third-order valence-corrected chi connectivity index (χ3v) is 21.7. The van der Waals surface area contributed by atoms with Crippen molar-refractivity contribution in [1.29, 1.82) is 0 Å². The van der Waals surface area contributed by atoms with Crippen molar-refractivity contribution in [3.05, 3.63) is 107 Å². The maximum atomic E-state index is 12.9. The topological polar surface area (TPSA) is 220 Å². The van der Waals surface area contributed by atoms with Crippen LogP contribution in [0.2, 0.25) is 0 Å². The van der Waals surface area contributed by atoms with Gasteiger partial charge in [-0.25, -0.2) is 36.0 Å². The fourth-order valence-electron chi connectivity index (χ4n) is 13.1. The van der Waals surface area contributed by atoms with Gasteiger partial charge in [-0.3, -0.25) is 0 Å². The number of hydrogen-bond donors (Lipinski definition) is 0. The molecule has 620 valence electrons. The Morgan fingerprint density at radius 1 is 0.248 bits per heavy atom. The molecule has 0 bridgehead atoms. The average molecular weight is 1590 g/mol. The number of rotatable bonds is 74. The molecule has 0 unspecified atom stereocenters. The van der Waals surface area contributed by atoms with Crippen molar-refractivity contribution < 1.29 is 64.1 Å². The van der Waals surface area contributed by atoms with E-state index < -0.39 is 53.9 Å². The molecule has 0 spiro atoms. The largest absolute Gasteiger partial charge is 2.00 e. The quantitative estimate of drug-likeness (QED) is 0.0150. The zero-order valence-electron chi connectivity index (χ0n) is 69.6. The molecule has 0 N–H and O–H groups in total. The van der Waals surface area contributed by atoms with Crippen molar-refractivity contribution in [2.45, 2.75) is 423 Å². The van der Waals surface area contributed by atoms with Crippen LogP contribution in [0.4, 0.5) is 0 Å². The summed E-state index contributed by atoms with van der Waals surface area (Å²) in [4.78, 5) is 50.5. The Hall–Kier alpha value is -3.64. The van der Waals surface area contributed by atoms with Gasteiger partial charge in [-0.2, -0.15) is 0 Å². The van der Waals surface area contributed by atoms with Crippen LogP contribution in [-0.4, -0.2) is 114 Å². The summed E-state index contributed by atoms with van der Waals surface area (Å²) < 4.78 is 91.5. The van der Waals surface area contributed by atoms with Crippen molar-refractivity contribution in [1.82, 2.24) is 0 Å². The third-order valence-electron chi connectivity index (χ3n) is 20.0. The number of benzene rings is 2. The van der Waals surface area contributed by atoms with Crippen LogP contribution in [0.3, 0.4) is 0 Å². The van der Waals surface area contributed by atoms with Crippen LogP contribution < -0.4 is 0 Å². The van der Waals surface area contributed by atoms with E-state index in [0.29, 0.717) is 25.7 Å². The van der Waals surface area contributed by atoms with Crippen molar-refractivity contribution >= 4 is 81.9 Å². The predicted molar refractivity (Wildman–Crippen MR) is 452 cm³/mol. The molecule has 14 nitrogen and oxygen atoms in total. The monoisotopic (exact) mass is 1590 g/mol. The number of hydrogen-bond acceptors (Lipinski definition) is 14. The van der Waals surface area contributed by atoms with Gasteiger partial charge in [0.1, 0.15) is 20.2 Å². The van der Waals surface area contributed by atoms with Gasteiger partial charge in [-0.15, -0.1) is 0 Å². The minimum atomic E-state index is -4.82. The van der Waals surface area contributed by atoms with Gasteiger partial charge in [0, 0.05) is 0 Å². The Kier molecular flexibility index (Phi) is 74.4. The first-order valence-corrected chi connectivity index (χ1v) is 46.9. The Labute approximate surface area is 696 Å². The van der Waals surface area contributed by atoms with Crippen LogP contribution >= 0.6 is 0 Å². The zero-order valence-corrected chi connectivity index (χ0v) is 73.4. The molecule has 0 aliphatic carbocycles. The predicted octanol–water partition coefficient (Wildman–Crippen LogP) is 27.1. The smallest absolute Gasteiger partial charge is 0.744 e. The summed E-state index contributed by atoms with van der Waals surface area (Å²) in [5.74, 6) is -3.10. The van der Waals surface area contributed by atoms with E-state index in [-0.39, 0.29) is 86.4 Å². The van der Waals surface area contributed by atoms with Crippen LogP contribution in [0.5, 0.6) is 0 Å². The summed E-state index contributed by atoms with van der Waals surface area (Å²) in [6.45, 7) is 9.69. The van der Waals surface area contributed by atoms with Gasteiger partial charge >= 0.3 is 61.6 Å². The van der Waals surface area contributed by atoms with E-state index in [4.69, 9.17) is 18.9 Å². The Morgan fingerprint density at radius 2 is 0.404 bits per heavy atom. The molecule has 0 aliphatic rings. The Bertz CT molecular complexity index is 2670. The molecule has 0 fully saturated rings. The summed E-state index contributed by atoms with van der Waals surface area (Å²) in [6.07, 6.45) is 89.9. The first kappa shape index (κ1) is 105. The van der Waals surface area contributed by atoms with E-state index in [1.165, 1.54) is 295 Å². The first-order valence-electron chi connectivity index (χ1n) is 44.1. The average Bonchev–Trinajstić information content (AvgIpc) is 0.815. The van der Waals surface area contributed by atoms with E-state index in [1.54, 1.807) is 0 Å². The van der Waals surface area contributed by atoms with Gasteiger partial charge in [0.15, 0.2) is 0 Å². The Balaban J connectivity index is 0.00000212. The maximum Gasteiger partial charge on any atom is 2.00 e. The standard InChI is InChI=1S/2C46H78O7S.Ca/c2*1-3-5-7-9-11-13-15-17-19-21-23-25-27-29-31-33-35-39-52-45(47)43-38-37-42(54(49,50)51)41-44(43)46(48)53-40-36-34-32-30-28-26-24-22-20-18-16-14-12-10-8-6-4-2;/h2*11-14,37-38,41H,3-10,15-36,39-40H2,1-2H3,(H,49,50,51);/q;;+2/p-2/b2*13-11+,14-12+;. The molecule has 0 saturated heterocycles. The SMILES string of the molecule is CCCCC/C=C/CCCCCCCCCCCCOC(=O)c1ccc(S(=O)(=O)[O-])cc1C(=O)OCCCCCCCCCCCC/C=C/CCCCC.CCCCC/C=C/CCCCCCCCCCCCOC(=O)c1ccc(S(=O)(=O)[O-])cc1C(=O)OCCCCCCCCCCCC/C=C/CCCCC.[Ca+2]. The molecule has 109 heavy (non-hydrogen) atoms. The molecule has 2 rings (SSSR count). The molecule has 0 atom stereocenters. The fraction of sp³-hybridized carbons (Fsp3) is 0.739. The second-order valence-electron chi connectivity index (χ2n) is 30.0. The molecule has 17 heteroatoms. The molecule has 0 aromatic heterocycles. The van der Waals surface area contributed by atoms with Gasteiger partial charge in [0.05, 0.1) is 58.5 Å². The first-order chi connectivity index (χ1) is 52.6. The summed E-state index contributed by atoms with van der Waals surface area (Å²) in [5, 5.41) is 0. The number of esters is 4. The number of allylic oxidation sites excluding steroid dienone is 8. The molecule has 2 aromatic rings. The van der Waals surface area contributed by atoms with Crippen LogP contribution in [0.15, 0.2) is 94.8 Å². The molecule has 0 aliphatic heterocycles. The molecule has 0 saturated carbocycles. The van der Waals surface area contributed by atoms with E-state index in [1.807, 2.05) is 0 Å². The van der Waals surface area contributed by atoms with Crippen LogP contribution in [-0.2, 0) is 39.2 Å². The van der Waals surface area contributed by atoms with Crippen molar-refractivity contribution in [2.75, 3.05) is 26.4 Å². The molecular weight excluding hydrogens is 1430 g/mol. The fourth-order valence-corrected chi connectivity index (χ4v) is 14.1. The number of carbonyl (C=O) groups is 4. The van der Waals surface area contributed by atoms with Gasteiger partial charge in [-0.05, 0) is 165 Å². The van der Waals surface area contributed by atoms with Crippen LogP contribution in [0.25, 0.3) is 0 Å². The normalized spacial score (nSPS) is 11.8. The summed E-state index contributed by atoms with van der Waals surface area (Å²) in [6, 6.07) is 6.27. The van der Waals surface area contributed by atoms with Crippen molar-refractivity contribution in [2.24, 2.45) is 0 Å². The van der Waals surface area contributed by atoms with E-state index >= 15 is 0 Å². The molecule has 0 heterocycles. The molecule has 0 radical (unpaired) electrons. The minimum Gasteiger partial charge on any atom is -0.744 e. The summed E-state index contributed by atoms with van der Waals surface area (Å²) in [5.41, 5.74) is -0.680. The number of carbonyl (C=O) groups excluding carboxylic acids is 4. The Morgan fingerprint density at radius 3 is 0.578 bits per heavy atom. The van der Waals surface area contributed by atoms with Crippen molar-refractivity contribution in [3.63, 3.8) is 0 Å². The second kappa shape index (κ2) is 77.0. The van der Waals surface area contributed by atoms with Gasteiger partial charge in [0.2, 0.25) is 0 Å². The third kappa shape index (κ3) is 64.3. The van der Waals surface area contributed by atoms with Gasteiger partial charge < -0.3 is 28.1 Å². The van der Waals surface area contributed by atoms with Gasteiger partial charge in [-0.1, -0.05) is 333 Å². The van der Waals surface area contributed by atoms with E-state index in [0.717, 1.165) is 101 Å². The van der Waals surface area contributed by atoms with Crippen LogP contribution in [0, 0.1) is 0 Å². The zero-order chi connectivity index (χ0) is 78.8. The number of ether oxygens (including phenoxy) is 4. The van der Waals surface area contributed by atoms with E-state index in [9.17, 15) is 45.1 Å². The molecule has 2 aromatic carbocycles. The van der Waals surface area contributed by atoms with Crippen molar-refractivity contribution in [3.8, 4) is 0 Å². The maximum absolute atomic E-state index is 12.9. The van der Waals surface area contributed by atoms with Gasteiger partial charge in [0.25, 0.3) is 0 Å². The second-order valence-corrected chi connectivity index (χ2v) is 32.8. The minimum absolute atomic E-state index is 0. The van der Waals surface area contributed by atoms with E-state index in [2.05, 4.69) is 76.3 Å². The molecular formula is C92H154CaO14S2. The molecule has 0 amide bonds. The van der Waals surface area contributed by atoms with Crippen LogP contribution in [0.1, 0.15) is 454 Å².